The van der Waals surface area contributed by atoms with Crippen molar-refractivity contribution < 1.29 is 14.3 Å². The molecule has 1 spiro atoms. The quantitative estimate of drug-likeness (QED) is 0.341. The monoisotopic (exact) mass is 589 g/mol. The summed E-state index contributed by atoms with van der Waals surface area (Å²) in [6, 6.07) is 3.97. The molecule has 3 aromatic rings. The summed E-state index contributed by atoms with van der Waals surface area (Å²) >= 11 is 10.4. The number of fused-ring (bicyclic) bond motifs is 1. The van der Waals surface area contributed by atoms with E-state index >= 15 is 0 Å². The van der Waals surface area contributed by atoms with Crippen LogP contribution in [0.25, 0.3) is 22.2 Å². The smallest absolute Gasteiger partial charge is 0.410 e. The van der Waals surface area contributed by atoms with Gasteiger partial charge < -0.3 is 18.9 Å². The van der Waals surface area contributed by atoms with Crippen molar-refractivity contribution in [2.75, 3.05) is 19.7 Å². The third kappa shape index (κ3) is 4.46. The zero-order valence-corrected chi connectivity index (χ0v) is 24.1. The van der Waals surface area contributed by atoms with Gasteiger partial charge in [-0.05, 0) is 80.9 Å². The number of rotatable bonds is 3. The maximum absolute atomic E-state index is 12.4. The number of amides is 1. The van der Waals surface area contributed by atoms with E-state index in [-0.39, 0.29) is 17.7 Å². The molecule has 1 saturated carbocycles. The highest BCUT2D eigenvalue weighted by Crippen LogP contribution is 2.56. The molecule has 1 unspecified atom stereocenters. The van der Waals surface area contributed by atoms with E-state index < -0.39 is 5.60 Å². The number of carbonyl (C=O) groups excluding carboxylic acids is 1. The summed E-state index contributed by atoms with van der Waals surface area (Å²) in [6.45, 7) is 7.98. The number of imidazole rings is 1. The first-order chi connectivity index (χ1) is 17.5. The van der Waals surface area contributed by atoms with E-state index in [1.165, 1.54) is 0 Å². The molecule has 3 fully saturated rings. The third-order valence-electron chi connectivity index (χ3n) is 7.88. The number of likely N-dealkylation sites (tertiary alicyclic amines) is 1. The number of hydrogen-bond donors (Lipinski definition) is 0. The number of hydrogen-bond acceptors (Lipinski definition) is 5. The maximum atomic E-state index is 12.4. The van der Waals surface area contributed by atoms with Crippen LogP contribution in [-0.2, 0) is 16.5 Å². The van der Waals surface area contributed by atoms with Crippen LogP contribution in [0.15, 0.2) is 22.9 Å². The fourth-order valence-corrected chi connectivity index (χ4v) is 7.11. The van der Waals surface area contributed by atoms with E-state index in [0.29, 0.717) is 10.9 Å². The van der Waals surface area contributed by atoms with Crippen molar-refractivity contribution in [2.24, 2.45) is 12.5 Å². The molecule has 2 aliphatic heterocycles. The lowest BCUT2D eigenvalue weighted by molar-refractivity contribution is -0.0801. The van der Waals surface area contributed by atoms with E-state index in [9.17, 15) is 4.79 Å². The van der Waals surface area contributed by atoms with Crippen molar-refractivity contribution in [1.29, 1.82) is 0 Å². The summed E-state index contributed by atoms with van der Waals surface area (Å²) in [7, 11) is 2.07. The molecule has 2 aromatic heterocycles. The Hall–Kier alpha value is -2.10. The van der Waals surface area contributed by atoms with Crippen molar-refractivity contribution in [2.45, 2.75) is 70.6 Å². The van der Waals surface area contributed by atoms with Crippen LogP contribution in [0.5, 0.6) is 0 Å². The average molecular weight is 591 g/mol. The third-order valence-corrected chi connectivity index (χ3v) is 8.65. The molecule has 3 aliphatic rings. The zero-order valence-electron chi connectivity index (χ0n) is 21.8. The molecule has 0 radical (unpaired) electrons. The molecule has 1 amide bonds. The highest BCUT2D eigenvalue weighted by atomic mass is 79.9. The Balaban J connectivity index is 1.23. The van der Waals surface area contributed by atoms with Gasteiger partial charge in [0.05, 0.1) is 17.4 Å². The maximum Gasteiger partial charge on any atom is 0.410 e. The first-order valence-electron chi connectivity index (χ1n) is 13.0. The Morgan fingerprint density at radius 2 is 2.00 bits per heavy atom. The first-order valence-corrected chi connectivity index (χ1v) is 14.2. The van der Waals surface area contributed by atoms with Crippen LogP contribution >= 0.6 is 27.5 Å². The lowest BCUT2D eigenvalue weighted by Crippen LogP contribution is -2.63. The van der Waals surface area contributed by atoms with Crippen molar-refractivity contribution in [3.63, 3.8) is 0 Å². The standard InChI is InChI=1S/C27H33BrClN5O3/c1-26(2,3)37-25(35)33-14-27(15-33)11-16(12-27)24-31-23(28)22(32(24)4)18-9-17(29)10-20-19(18)13-30-34(20)21-7-5-6-8-36-21/h9-10,13,16,21H,5-8,11-12,14-15H2,1-4H3. The highest BCUT2D eigenvalue weighted by molar-refractivity contribution is 9.10. The number of carbonyl (C=O) groups is 1. The fraction of sp³-hybridized carbons (Fsp3) is 0.593. The zero-order chi connectivity index (χ0) is 26.1. The second kappa shape index (κ2) is 8.99. The van der Waals surface area contributed by atoms with Crippen LogP contribution in [-0.4, -0.2) is 55.6 Å². The minimum atomic E-state index is -0.469. The highest BCUT2D eigenvalue weighted by Gasteiger charge is 2.55. The summed E-state index contributed by atoms with van der Waals surface area (Å²) in [5.74, 6) is 1.41. The molecular formula is C27H33BrClN5O3. The molecule has 2 saturated heterocycles. The van der Waals surface area contributed by atoms with Crippen molar-refractivity contribution >= 4 is 44.5 Å². The van der Waals surface area contributed by atoms with Crippen LogP contribution in [0.4, 0.5) is 4.79 Å². The van der Waals surface area contributed by atoms with Crippen LogP contribution < -0.4 is 0 Å². The second-order valence-electron chi connectivity index (χ2n) is 11.9. The lowest BCUT2D eigenvalue weighted by atomic mass is 9.57. The minimum absolute atomic E-state index is 0.0583. The number of halogens is 2. The second-order valence-corrected chi connectivity index (χ2v) is 13.1. The van der Waals surface area contributed by atoms with Gasteiger partial charge in [0.2, 0.25) is 0 Å². The molecule has 0 N–H and O–H groups in total. The molecule has 4 heterocycles. The van der Waals surface area contributed by atoms with Crippen molar-refractivity contribution in [3.8, 4) is 11.3 Å². The molecule has 37 heavy (non-hydrogen) atoms. The molecule has 6 rings (SSSR count). The Labute approximate surface area is 230 Å². The molecule has 1 aromatic carbocycles. The van der Waals surface area contributed by atoms with Gasteiger partial charge in [0.25, 0.3) is 0 Å². The van der Waals surface area contributed by atoms with Gasteiger partial charge >= 0.3 is 6.09 Å². The van der Waals surface area contributed by atoms with E-state index in [2.05, 4.69) is 27.5 Å². The number of nitrogens with zero attached hydrogens (tertiary/aromatic N) is 5. The van der Waals surface area contributed by atoms with E-state index in [1.54, 1.807) is 0 Å². The topological polar surface area (TPSA) is 74.4 Å². The van der Waals surface area contributed by atoms with Gasteiger partial charge in [-0.15, -0.1) is 0 Å². The SMILES string of the molecule is Cn1c(C2CC3(C2)CN(C(=O)OC(C)(C)C)C3)nc(Br)c1-c1cc(Cl)cc2c1cnn2C1CCCCO1. The van der Waals surface area contributed by atoms with Crippen LogP contribution in [0.3, 0.4) is 0 Å². The van der Waals surface area contributed by atoms with Crippen molar-refractivity contribution in [3.05, 3.63) is 33.8 Å². The van der Waals surface area contributed by atoms with E-state index in [0.717, 1.165) is 84.4 Å². The molecule has 8 nitrogen and oxygen atoms in total. The first kappa shape index (κ1) is 25.2. The fourth-order valence-electron chi connectivity index (χ4n) is 6.24. The molecule has 0 bridgehead atoms. The summed E-state index contributed by atoms with van der Waals surface area (Å²) in [5, 5.41) is 6.40. The van der Waals surface area contributed by atoms with Gasteiger partial charge in [0, 0.05) is 54.0 Å². The van der Waals surface area contributed by atoms with Gasteiger partial charge in [0.1, 0.15) is 16.0 Å². The van der Waals surface area contributed by atoms with E-state index in [1.807, 2.05) is 48.7 Å². The molecular weight excluding hydrogens is 558 g/mol. The lowest BCUT2D eigenvalue weighted by Gasteiger charge is -2.58. The Bertz CT molecular complexity index is 1360. The normalized spacial score (nSPS) is 21.8. The number of aromatic nitrogens is 4. The molecule has 10 heteroatoms. The van der Waals surface area contributed by atoms with Gasteiger partial charge in [-0.2, -0.15) is 5.10 Å². The van der Waals surface area contributed by atoms with Crippen LogP contribution in [0.1, 0.15) is 70.8 Å². The summed E-state index contributed by atoms with van der Waals surface area (Å²) in [4.78, 5) is 19.1. The van der Waals surface area contributed by atoms with Crippen LogP contribution in [0, 0.1) is 5.41 Å². The molecule has 1 aliphatic carbocycles. The summed E-state index contributed by atoms with van der Waals surface area (Å²) < 4.78 is 16.5. The van der Waals surface area contributed by atoms with Crippen molar-refractivity contribution in [1.82, 2.24) is 24.2 Å². The summed E-state index contributed by atoms with van der Waals surface area (Å²) in [5.41, 5.74) is 2.69. The minimum Gasteiger partial charge on any atom is -0.444 e. The predicted octanol–water partition coefficient (Wildman–Crippen LogP) is 6.67. The predicted molar refractivity (Wildman–Crippen MR) is 146 cm³/mol. The van der Waals surface area contributed by atoms with E-state index in [4.69, 9.17) is 31.2 Å². The Morgan fingerprint density at radius 1 is 1.24 bits per heavy atom. The average Bonchev–Trinajstić information content (AvgIpc) is 3.31. The number of ether oxygens (including phenoxy) is 2. The molecule has 1 atom stereocenters. The van der Waals surface area contributed by atoms with Gasteiger partial charge in [0.15, 0.2) is 6.23 Å². The Kier molecular flexibility index (Phi) is 6.12. The number of benzene rings is 1. The van der Waals surface area contributed by atoms with Gasteiger partial charge in [-0.25, -0.2) is 14.5 Å². The van der Waals surface area contributed by atoms with Gasteiger partial charge in [-0.1, -0.05) is 11.6 Å². The summed E-state index contributed by atoms with van der Waals surface area (Å²) in [6.07, 6.45) is 6.85. The van der Waals surface area contributed by atoms with Crippen LogP contribution in [0.2, 0.25) is 5.02 Å². The Morgan fingerprint density at radius 3 is 2.68 bits per heavy atom. The molecule has 198 valence electrons. The van der Waals surface area contributed by atoms with Gasteiger partial charge in [-0.3, -0.25) is 0 Å². The largest absolute Gasteiger partial charge is 0.444 e.